The van der Waals surface area contributed by atoms with Gasteiger partial charge in [-0.3, -0.25) is 0 Å². The molecule has 19 heavy (non-hydrogen) atoms. The first-order valence-electron chi connectivity index (χ1n) is 6.64. The molecular formula is C15H18N4. The highest BCUT2D eigenvalue weighted by molar-refractivity contribution is 5.49. The maximum atomic E-state index is 6.03. The van der Waals surface area contributed by atoms with Gasteiger partial charge in [0.25, 0.3) is 0 Å². The van der Waals surface area contributed by atoms with Gasteiger partial charge in [-0.25, -0.2) is 9.97 Å². The second-order valence-electron chi connectivity index (χ2n) is 5.06. The molecule has 0 radical (unpaired) electrons. The minimum atomic E-state index is 0.557. The quantitative estimate of drug-likeness (QED) is 0.852. The van der Waals surface area contributed by atoms with Crippen molar-refractivity contribution in [3.8, 4) is 0 Å². The average Bonchev–Trinajstić information content (AvgIpc) is 3.22. The summed E-state index contributed by atoms with van der Waals surface area (Å²) in [5, 5.41) is 0. The molecule has 0 unspecified atom stereocenters. The van der Waals surface area contributed by atoms with Crippen molar-refractivity contribution in [1.29, 1.82) is 0 Å². The summed E-state index contributed by atoms with van der Waals surface area (Å²) in [5.74, 6) is 0.811. The highest BCUT2D eigenvalue weighted by Gasteiger charge is 2.31. The van der Waals surface area contributed by atoms with E-state index >= 15 is 0 Å². The SMILES string of the molecule is Cc1ccnc(N(Cc2ccccc2N)C2CC2)n1. The molecule has 0 bridgehead atoms. The Kier molecular flexibility index (Phi) is 3.07. The van der Waals surface area contributed by atoms with Crippen molar-refractivity contribution in [1.82, 2.24) is 9.97 Å². The minimum Gasteiger partial charge on any atom is -0.398 e. The Morgan fingerprint density at radius 1 is 1.26 bits per heavy atom. The highest BCUT2D eigenvalue weighted by Crippen LogP contribution is 2.31. The van der Waals surface area contributed by atoms with Crippen molar-refractivity contribution in [2.45, 2.75) is 32.4 Å². The number of hydrogen-bond donors (Lipinski definition) is 1. The van der Waals surface area contributed by atoms with Crippen LogP contribution in [0.15, 0.2) is 36.5 Å². The molecule has 3 rings (SSSR count). The topological polar surface area (TPSA) is 55.0 Å². The van der Waals surface area contributed by atoms with Gasteiger partial charge in [-0.15, -0.1) is 0 Å². The van der Waals surface area contributed by atoms with Gasteiger partial charge in [0.05, 0.1) is 0 Å². The Balaban J connectivity index is 1.88. The van der Waals surface area contributed by atoms with Crippen LogP contribution in [0.4, 0.5) is 11.6 Å². The van der Waals surface area contributed by atoms with E-state index in [1.54, 1.807) is 0 Å². The molecule has 1 aromatic heterocycles. The molecule has 1 fully saturated rings. The summed E-state index contributed by atoms with van der Waals surface area (Å²) in [6.07, 6.45) is 4.25. The van der Waals surface area contributed by atoms with Gasteiger partial charge >= 0.3 is 0 Å². The molecule has 2 aromatic rings. The third kappa shape index (κ3) is 2.67. The van der Waals surface area contributed by atoms with E-state index in [1.165, 1.54) is 12.8 Å². The highest BCUT2D eigenvalue weighted by atomic mass is 15.3. The number of benzene rings is 1. The van der Waals surface area contributed by atoms with Crippen LogP contribution >= 0.6 is 0 Å². The lowest BCUT2D eigenvalue weighted by Gasteiger charge is -2.23. The normalized spacial score (nSPS) is 14.4. The summed E-state index contributed by atoms with van der Waals surface area (Å²) in [5.41, 5.74) is 9.00. The fourth-order valence-corrected chi connectivity index (χ4v) is 2.19. The number of rotatable bonds is 4. The number of hydrogen-bond acceptors (Lipinski definition) is 4. The average molecular weight is 254 g/mol. The van der Waals surface area contributed by atoms with E-state index < -0.39 is 0 Å². The standard InChI is InChI=1S/C15H18N4/c1-11-8-9-17-15(18-11)19(13-6-7-13)10-12-4-2-3-5-14(12)16/h2-5,8-9,13H,6-7,10,16H2,1H3. The number of anilines is 2. The summed E-state index contributed by atoms with van der Waals surface area (Å²) < 4.78 is 0. The first kappa shape index (κ1) is 12.0. The fraction of sp³-hybridized carbons (Fsp3) is 0.333. The van der Waals surface area contributed by atoms with Gasteiger partial charge in [0.15, 0.2) is 0 Å². The second-order valence-corrected chi connectivity index (χ2v) is 5.06. The van der Waals surface area contributed by atoms with Crippen LogP contribution in [0.1, 0.15) is 24.1 Å². The summed E-state index contributed by atoms with van der Waals surface area (Å²) >= 11 is 0. The van der Waals surface area contributed by atoms with Crippen LogP contribution < -0.4 is 10.6 Å². The van der Waals surface area contributed by atoms with E-state index in [0.29, 0.717) is 6.04 Å². The Morgan fingerprint density at radius 3 is 2.74 bits per heavy atom. The molecule has 1 aliphatic rings. The molecule has 1 heterocycles. The Hall–Kier alpha value is -2.10. The lowest BCUT2D eigenvalue weighted by Crippen LogP contribution is -2.27. The number of nitrogen functional groups attached to an aromatic ring is 1. The van der Waals surface area contributed by atoms with E-state index in [-0.39, 0.29) is 0 Å². The lowest BCUT2D eigenvalue weighted by atomic mass is 10.1. The largest absolute Gasteiger partial charge is 0.398 e. The summed E-state index contributed by atoms with van der Waals surface area (Å²) in [6.45, 7) is 2.77. The monoisotopic (exact) mass is 254 g/mol. The molecule has 0 amide bonds. The molecule has 2 N–H and O–H groups in total. The second kappa shape index (κ2) is 4.88. The van der Waals surface area contributed by atoms with Crippen molar-refractivity contribution in [3.63, 3.8) is 0 Å². The molecular weight excluding hydrogens is 236 g/mol. The minimum absolute atomic E-state index is 0.557. The summed E-state index contributed by atoms with van der Waals surface area (Å²) in [4.78, 5) is 11.2. The number of para-hydroxylation sites is 1. The summed E-state index contributed by atoms with van der Waals surface area (Å²) in [7, 11) is 0. The fourth-order valence-electron chi connectivity index (χ4n) is 2.19. The van der Waals surface area contributed by atoms with E-state index in [1.807, 2.05) is 37.4 Å². The van der Waals surface area contributed by atoms with Crippen LogP contribution in [0.3, 0.4) is 0 Å². The van der Waals surface area contributed by atoms with E-state index in [4.69, 9.17) is 5.73 Å². The first-order valence-corrected chi connectivity index (χ1v) is 6.64. The molecule has 0 atom stereocenters. The molecule has 4 heteroatoms. The molecule has 0 spiro atoms. The van der Waals surface area contributed by atoms with Gasteiger partial charge in [-0.1, -0.05) is 18.2 Å². The molecule has 0 aliphatic heterocycles. The zero-order chi connectivity index (χ0) is 13.2. The Labute approximate surface area is 113 Å². The van der Waals surface area contributed by atoms with E-state index in [9.17, 15) is 0 Å². The molecule has 1 aliphatic carbocycles. The molecule has 1 aromatic carbocycles. The third-order valence-corrected chi connectivity index (χ3v) is 3.42. The number of nitrogens with zero attached hydrogens (tertiary/aromatic N) is 3. The van der Waals surface area contributed by atoms with Crippen molar-refractivity contribution in [2.75, 3.05) is 10.6 Å². The lowest BCUT2D eigenvalue weighted by molar-refractivity contribution is 0.756. The van der Waals surface area contributed by atoms with Gasteiger partial charge in [-0.2, -0.15) is 0 Å². The van der Waals surface area contributed by atoms with Crippen molar-refractivity contribution < 1.29 is 0 Å². The van der Waals surface area contributed by atoms with Gasteiger partial charge in [0.2, 0.25) is 5.95 Å². The Morgan fingerprint density at radius 2 is 2.05 bits per heavy atom. The van der Waals surface area contributed by atoms with Gasteiger partial charge in [0.1, 0.15) is 0 Å². The molecule has 98 valence electrons. The number of nitrogens with two attached hydrogens (primary N) is 1. The number of aryl methyl sites for hydroxylation is 1. The predicted molar refractivity (Wildman–Crippen MR) is 76.8 cm³/mol. The number of aromatic nitrogens is 2. The molecule has 1 saturated carbocycles. The maximum absolute atomic E-state index is 6.03. The van der Waals surface area contributed by atoms with Crippen molar-refractivity contribution in [3.05, 3.63) is 47.8 Å². The van der Waals surface area contributed by atoms with E-state index in [2.05, 4.69) is 20.9 Å². The first-order chi connectivity index (χ1) is 9.24. The van der Waals surface area contributed by atoms with Gasteiger partial charge < -0.3 is 10.6 Å². The molecule has 0 saturated heterocycles. The van der Waals surface area contributed by atoms with Crippen LogP contribution in [-0.4, -0.2) is 16.0 Å². The van der Waals surface area contributed by atoms with Crippen LogP contribution in [0.25, 0.3) is 0 Å². The maximum Gasteiger partial charge on any atom is 0.226 e. The zero-order valence-electron chi connectivity index (χ0n) is 11.1. The third-order valence-electron chi connectivity index (χ3n) is 3.42. The van der Waals surface area contributed by atoms with Gasteiger partial charge in [0, 0.05) is 30.2 Å². The van der Waals surface area contributed by atoms with Gasteiger partial charge in [-0.05, 0) is 37.5 Å². The Bertz CT molecular complexity index is 578. The van der Waals surface area contributed by atoms with Crippen LogP contribution in [-0.2, 0) is 6.54 Å². The van der Waals surface area contributed by atoms with Crippen LogP contribution in [0.5, 0.6) is 0 Å². The molecule has 4 nitrogen and oxygen atoms in total. The van der Waals surface area contributed by atoms with Crippen molar-refractivity contribution in [2.24, 2.45) is 0 Å². The van der Waals surface area contributed by atoms with Crippen molar-refractivity contribution >= 4 is 11.6 Å². The van der Waals surface area contributed by atoms with Crippen LogP contribution in [0.2, 0.25) is 0 Å². The predicted octanol–water partition coefficient (Wildman–Crippen LogP) is 2.54. The van der Waals surface area contributed by atoms with Crippen LogP contribution in [0, 0.1) is 6.92 Å². The zero-order valence-corrected chi connectivity index (χ0v) is 11.1. The van der Waals surface area contributed by atoms with E-state index in [0.717, 1.165) is 29.4 Å². The smallest absolute Gasteiger partial charge is 0.226 e. The summed E-state index contributed by atoms with van der Waals surface area (Å²) in [6, 6.07) is 10.5.